The van der Waals surface area contributed by atoms with Gasteiger partial charge in [0.25, 0.3) is 0 Å². The maximum Gasteiger partial charge on any atom is 0.362 e. The van der Waals surface area contributed by atoms with E-state index in [2.05, 4.69) is 38.2 Å². The van der Waals surface area contributed by atoms with Crippen LogP contribution >= 0.6 is 0 Å². The van der Waals surface area contributed by atoms with Crippen molar-refractivity contribution in [2.24, 2.45) is 0 Å². The van der Waals surface area contributed by atoms with Gasteiger partial charge in [0.1, 0.15) is 6.61 Å². The van der Waals surface area contributed by atoms with Crippen LogP contribution < -0.4 is 0 Å². The highest BCUT2D eigenvalue weighted by molar-refractivity contribution is 5.72. The molecule has 0 heterocycles. The van der Waals surface area contributed by atoms with Crippen LogP contribution in [0.4, 0.5) is 0 Å². The molecule has 0 fully saturated rings. The first kappa shape index (κ1) is 52.8. The average molecular weight is 779 g/mol. The van der Waals surface area contributed by atoms with Gasteiger partial charge in [0, 0.05) is 19.3 Å². The lowest BCUT2D eigenvalue weighted by molar-refractivity contribution is -0.887. The highest BCUT2D eigenvalue weighted by atomic mass is 16.6. The molecule has 0 radical (unpaired) electrons. The smallest absolute Gasteiger partial charge is 0.362 e. The van der Waals surface area contributed by atoms with Gasteiger partial charge in [-0.05, 0) is 38.5 Å². The number of hydrogen-bond donors (Lipinski definition) is 1. The maximum atomic E-state index is 12.7. The molecule has 0 aromatic rings. The minimum Gasteiger partial charge on any atom is -0.477 e. The number of carbonyl (C=O) groups is 3. The van der Waals surface area contributed by atoms with Crippen LogP contribution in [0.3, 0.4) is 0 Å². The molecule has 2 atom stereocenters. The van der Waals surface area contributed by atoms with Crippen LogP contribution in [0.5, 0.6) is 0 Å². The Morgan fingerprint density at radius 3 is 1.49 bits per heavy atom. The van der Waals surface area contributed by atoms with E-state index in [9.17, 15) is 19.5 Å². The van der Waals surface area contributed by atoms with Crippen molar-refractivity contribution >= 4 is 17.9 Å². The number of nitrogens with zero attached hydrogens (tertiary/aromatic N) is 1. The van der Waals surface area contributed by atoms with Crippen LogP contribution in [0.25, 0.3) is 0 Å². The number of allylic oxidation sites excluding steroid dienone is 4. The van der Waals surface area contributed by atoms with Gasteiger partial charge in [0.2, 0.25) is 0 Å². The minimum absolute atomic E-state index is 0.0543. The Morgan fingerprint density at radius 2 is 1.02 bits per heavy atom. The van der Waals surface area contributed by atoms with Crippen molar-refractivity contribution in [3.63, 3.8) is 0 Å². The fourth-order valence-electron chi connectivity index (χ4n) is 6.84. The summed E-state index contributed by atoms with van der Waals surface area (Å²) in [5.41, 5.74) is 0. The lowest BCUT2D eigenvalue weighted by atomic mass is 10.0. The van der Waals surface area contributed by atoms with E-state index in [1.54, 1.807) is 0 Å². The van der Waals surface area contributed by atoms with Crippen molar-refractivity contribution < 1.29 is 38.2 Å². The van der Waals surface area contributed by atoms with Crippen molar-refractivity contribution in [1.82, 2.24) is 0 Å². The molecule has 0 aromatic carbocycles. The molecule has 0 rings (SSSR count). The summed E-state index contributed by atoms with van der Waals surface area (Å²) < 4.78 is 17.3. The number of rotatable bonds is 41. The number of carboxylic acid groups (broad SMARTS) is 1. The van der Waals surface area contributed by atoms with Crippen molar-refractivity contribution in [3.05, 3.63) is 24.3 Å². The number of hydrogen-bond acceptors (Lipinski definition) is 6. The lowest BCUT2D eigenvalue weighted by Gasteiger charge is -2.31. The highest BCUT2D eigenvalue weighted by Crippen LogP contribution is 2.16. The number of carbonyl (C=O) groups excluding carboxylic acids is 2. The Morgan fingerprint density at radius 1 is 0.564 bits per heavy atom. The predicted octanol–water partition coefficient (Wildman–Crippen LogP) is 12.5. The van der Waals surface area contributed by atoms with Crippen molar-refractivity contribution in [2.75, 3.05) is 41.0 Å². The number of likely N-dealkylation sites (N-methyl/N-ethyl adjacent to an activating group) is 1. The summed E-state index contributed by atoms with van der Waals surface area (Å²) >= 11 is 0. The molecule has 0 spiro atoms. The van der Waals surface area contributed by atoms with Gasteiger partial charge in [-0.2, -0.15) is 0 Å². The summed E-state index contributed by atoms with van der Waals surface area (Å²) in [6, 6.07) is -0.613. The Kier molecular flexibility index (Phi) is 37.1. The van der Waals surface area contributed by atoms with Crippen LogP contribution in [0, 0.1) is 0 Å². The molecule has 0 bridgehead atoms. The molecule has 0 saturated heterocycles. The van der Waals surface area contributed by atoms with Gasteiger partial charge >= 0.3 is 17.9 Å². The first-order valence-corrected chi connectivity index (χ1v) is 22.9. The molecule has 0 aromatic heterocycles. The SMILES string of the molecule is CC/C=C/C/C=C/CCCCCCCC(=O)OCC(COCCC(C(=O)O)[N+](C)(C)C)OC(=O)CCCCCCCCCCCCCCCCCCCCC. The molecular formula is C47H88NO7+. The lowest BCUT2D eigenvalue weighted by Crippen LogP contribution is -2.50. The summed E-state index contributed by atoms with van der Waals surface area (Å²) in [7, 11) is 5.53. The Hall–Kier alpha value is -2.19. The van der Waals surface area contributed by atoms with Gasteiger partial charge in [-0.15, -0.1) is 0 Å². The van der Waals surface area contributed by atoms with Crippen molar-refractivity contribution in [1.29, 1.82) is 0 Å². The summed E-state index contributed by atoms with van der Waals surface area (Å²) in [6.07, 6.45) is 42.2. The van der Waals surface area contributed by atoms with E-state index < -0.39 is 18.1 Å². The van der Waals surface area contributed by atoms with Crippen LogP contribution in [0.2, 0.25) is 0 Å². The third-order valence-electron chi connectivity index (χ3n) is 10.4. The Balaban J connectivity index is 4.26. The number of ether oxygens (including phenoxy) is 3. The van der Waals surface area contributed by atoms with Gasteiger partial charge in [-0.3, -0.25) is 9.59 Å². The number of unbranched alkanes of at least 4 members (excludes halogenated alkanes) is 23. The van der Waals surface area contributed by atoms with E-state index in [1.165, 1.54) is 103 Å². The Labute approximate surface area is 339 Å². The first-order valence-electron chi connectivity index (χ1n) is 22.9. The summed E-state index contributed by atoms with van der Waals surface area (Å²) in [5, 5.41) is 9.62. The van der Waals surface area contributed by atoms with Gasteiger partial charge in [-0.1, -0.05) is 173 Å². The predicted molar refractivity (Wildman–Crippen MR) is 229 cm³/mol. The normalized spacial score (nSPS) is 13.1. The van der Waals surface area contributed by atoms with E-state index in [0.717, 1.165) is 70.6 Å². The Bertz CT molecular complexity index is 957. The topological polar surface area (TPSA) is 99.1 Å². The zero-order chi connectivity index (χ0) is 40.7. The van der Waals surface area contributed by atoms with Gasteiger partial charge in [0.15, 0.2) is 12.1 Å². The van der Waals surface area contributed by atoms with Crippen LogP contribution in [0.15, 0.2) is 24.3 Å². The van der Waals surface area contributed by atoms with Crippen LogP contribution in [-0.2, 0) is 28.6 Å². The third-order valence-corrected chi connectivity index (χ3v) is 10.4. The number of aliphatic carboxylic acids is 1. The summed E-state index contributed by atoms with van der Waals surface area (Å²) in [4.78, 5) is 37.0. The zero-order valence-corrected chi connectivity index (χ0v) is 36.6. The largest absolute Gasteiger partial charge is 0.477 e. The second-order valence-corrected chi connectivity index (χ2v) is 16.6. The van der Waals surface area contributed by atoms with E-state index in [0.29, 0.717) is 19.3 Å². The van der Waals surface area contributed by atoms with E-state index in [1.807, 2.05) is 21.1 Å². The maximum absolute atomic E-state index is 12.7. The quantitative estimate of drug-likeness (QED) is 0.0285. The third kappa shape index (κ3) is 37.2. The zero-order valence-electron chi connectivity index (χ0n) is 36.6. The fraction of sp³-hybridized carbons (Fsp3) is 0.851. The molecule has 2 unspecified atom stereocenters. The average Bonchev–Trinajstić information content (AvgIpc) is 3.14. The minimum atomic E-state index is -0.875. The summed E-state index contributed by atoms with van der Waals surface area (Å²) in [5.74, 6) is -1.47. The summed E-state index contributed by atoms with van der Waals surface area (Å²) in [6.45, 7) is 4.63. The molecule has 0 aliphatic rings. The molecule has 0 aliphatic carbocycles. The molecule has 1 N–H and O–H groups in total. The molecule has 0 aliphatic heterocycles. The van der Waals surface area contributed by atoms with E-state index in [-0.39, 0.29) is 36.2 Å². The van der Waals surface area contributed by atoms with Crippen LogP contribution in [-0.4, -0.2) is 80.6 Å². The number of quaternary nitrogens is 1. The molecular weight excluding hydrogens is 691 g/mol. The molecule has 8 nitrogen and oxygen atoms in total. The monoisotopic (exact) mass is 779 g/mol. The standard InChI is InChI=1S/C47H87NO7/c1-6-8-10-12-14-16-18-20-21-22-23-24-25-26-28-30-32-34-36-38-46(50)55-43(41-53-40-39-44(47(51)52)48(3,4)5)42-54-45(49)37-35-33-31-29-27-19-17-15-13-11-9-7-2/h9,11,15,17,43-44H,6-8,10,12-14,16,18-42H2,1-5H3/p+1/b11-9+,17-15+. The fourth-order valence-corrected chi connectivity index (χ4v) is 6.84. The second-order valence-electron chi connectivity index (χ2n) is 16.6. The highest BCUT2D eigenvalue weighted by Gasteiger charge is 2.31. The molecule has 55 heavy (non-hydrogen) atoms. The van der Waals surface area contributed by atoms with Crippen molar-refractivity contribution in [2.45, 2.75) is 219 Å². The van der Waals surface area contributed by atoms with Gasteiger partial charge in [-0.25, -0.2) is 4.79 Å². The van der Waals surface area contributed by atoms with E-state index in [4.69, 9.17) is 14.2 Å². The van der Waals surface area contributed by atoms with Gasteiger partial charge < -0.3 is 23.8 Å². The van der Waals surface area contributed by atoms with E-state index >= 15 is 0 Å². The number of esters is 2. The molecule has 0 saturated carbocycles. The molecule has 8 heteroatoms. The van der Waals surface area contributed by atoms with Gasteiger partial charge in [0.05, 0.1) is 34.4 Å². The molecule has 322 valence electrons. The second kappa shape index (κ2) is 38.7. The van der Waals surface area contributed by atoms with Crippen LogP contribution in [0.1, 0.15) is 206 Å². The first-order chi connectivity index (χ1) is 26.6. The number of carboxylic acids is 1. The molecule has 0 amide bonds. The van der Waals surface area contributed by atoms with Crippen molar-refractivity contribution in [3.8, 4) is 0 Å².